The average molecular weight is 298 g/mol. The summed E-state index contributed by atoms with van der Waals surface area (Å²) in [5, 5.41) is 0.848. The van der Waals surface area contributed by atoms with Gasteiger partial charge < -0.3 is 4.90 Å². The van der Waals surface area contributed by atoms with Crippen molar-refractivity contribution in [2.75, 3.05) is 18.0 Å². The van der Waals surface area contributed by atoms with Crippen molar-refractivity contribution in [3.63, 3.8) is 0 Å². The molecular formula is C16H21Cl2N. The van der Waals surface area contributed by atoms with E-state index in [0.29, 0.717) is 11.3 Å². The number of anilines is 1. The van der Waals surface area contributed by atoms with Crippen molar-refractivity contribution in [2.45, 2.75) is 44.4 Å². The first-order valence-corrected chi connectivity index (χ1v) is 8.24. The predicted molar refractivity (Wildman–Crippen MR) is 83.4 cm³/mol. The second-order valence-corrected chi connectivity index (χ2v) is 6.75. The maximum Gasteiger partial charge on any atom is 0.0642 e. The normalized spacial score (nSPS) is 22.1. The van der Waals surface area contributed by atoms with Crippen LogP contribution >= 0.6 is 23.2 Å². The third kappa shape index (κ3) is 2.60. The zero-order chi connectivity index (χ0) is 13.3. The van der Waals surface area contributed by atoms with Crippen LogP contribution in [0.1, 0.15) is 44.1 Å². The summed E-state index contributed by atoms with van der Waals surface area (Å²) in [6, 6.07) is 6.06. The fourth-order valence-electron chi connectivity index (χ4n) is 3.85. The maximum absolute atomic E-state index is 6.39. The molecule has 1 aliphatic carbocycles. The minimum absolute atomic E-state index is 0.539. The largest absolute Gasteiger partial charge is 0.370 e. The van der Waals surface area contributed by atoms with Crippen molar-refractivity contribution in [3.05, 3.63) is 28.8 Å². The Morgan fingerprint density at radius 2 is 1.74 bits per heavy atom. The lowest BCUT2D eigenvalue weighted by Gasteiger charge is -2.41. The van der Waals surface area contributed by atoms with E-state index in [2.05, 4.69) is 11.0 Å². The van der Waals surface area contributed by atoms with Crippen molar-refractivity contribution in [1.29, 1.82) is 0 Å². The van der Waals surface area contributed by atoms with E-state index in [9.17, 15) is 0 Å². The number of hydrogen-bond donors (Lipinski definition) is 0. The molecule has 0 N–H and O–H groups in total. The van der Waals surface area contributed by atoms with Crippen molar-refractivity contribution in [1.82, 2.24) is 0 Å². The van der Waals surface area contributed by atoms with Crippen LogP contribution in [0.4, 0.5) is 5.69 Å². The molecule has 1 aromatic carbocycles. The standard InChI is InChI=1S/C16H21Cl2N/c17-12-13-4-3-5-14(18)15(13)19-10-8-16(9-11-19)6-1-2-7-16/h3-5H,1-2,6-12H2. The van der Waals surface area contributed by atoms with Crippen LogP contribution in [0.2, 0.25) is 5.02 Å². The maximum atomic E-state index is 6.39. The molecule has 0 radical (unpaired) electrons. The highest BCUT2D eigenvalue weighted by atomic mass is 35.5. The van der Waals surface area contributed by atoms with Gasteiger partial charge in [0.25, 0.3) is 0 Å². The van der Waals surface area contributed by atoms with Crippen molar-refractivity contribution >= 4 is 28.9 Å². The Kier molecular flexibility index (Phi) is 3.96. The number of nitrogens with zero attached hydrogens (tertiary/aromatic N) is 1. The van der Waals surface area contributed by atoms with Gasteiger partial charge in [0.2, 0.25) is 0 Å². The SMILES string of the molecule is ClCc1cccc(Cl)c1N1CCC2(CCCC2)CC1. The van der Waals surface area contributed by atoms with Crippen LogP contribution in [-0.2, 0) is 5.88 Å². The summed E-state index contributed by atoms with van der Waals surface area (Å²) in [5.41, 5.74) is 2.99. The molecule has 1 aliphatic heterocycles. The molecule has 1 saturated carbocycles. The lowest BCUT2D eigenvalue weighted by atomic mass is 9.77. The summed E-state index contributed by atoms with van der Waals surface area (Å²) < 4.78 is 0. The molecular weight excluding hydrogens is 277 g/mol. The number of halogens is 2. The van der Waals surface area contributed by atoms with Gasteiger partial charge in [-0.15, -0.1) is 11.6 Å². The zero-order valence-corrected chi connectivity index (χ0v) is 12.8. The number of para-hydroxylation sites is 1. The Balaban J connectivity index is 1.78. The summed E-state index contributed by atoms with van der Waals surface area (Å²) in [5.74, 6) is 0.539. The Bertz CT molecular complexity index is 442. The predicted octanol–water partition coefficient (Wildman–Crippen LogP) is 5.24. The van der Waals surface area contributed by atoms with Crippen molar-refractivity contribution in [3.8, 4) is 0 Å². The molecule has 1 nitrogen and oxygen atoms in total. The molecule has 3 heteroatoms. The average Bonchev–Trinajstić information content (AvgIpc) is 2.88. The van der Waals surface area contributed by atoms with E-state index in [4.69, 9.17) is 23.2 Å². The van der Waals surface area contributed by atoms with Crippen molar-refractivity contribution < 1.29 is 0 Å². The van der Waals surface area contributed by atoms with Crippen molar-refractivity contribution in [2.24, 2.45) is 5.41 Å². The Hall–Kier alpha value is -0.400. The lowest BCUT2D eigenvalue weighted by Crippen LogP contribution is -2.39. The third-order valence-electron chi connectivity index (χ3n) is 5.02. The first-order valence-electron chi connectivity index (χ1n) is 7.32. The summed E-state index contributed by atoms with van der Waals surface area (Å²) in [4.78, 5) is 2.45. The lowest BCUT2D eigenvalue weighted by molar-refractivity contribution is 0.226. The number of rotatable bonds is 2. The van der Waals surface area contributed by atoms with E-state index in [-0.39, 0.29) is 0 Å². The summed E-state index contributed by atoms with van der Waals surface area (Å²) in [6.45, 7) is 2.27. The molecule has 104 valence electrons. The van der Waals surface area contributed by atoms with Crippen LogP contribution in [0.3, 0.4) is 0 Å². The molecule has 0 bridgehead atoms. The Morgan fingerprint density at radius 3 is 2.37 bits per heavy atom. The number of piperidine rings is 1. The second kappa shape index (κ2) is 5.54. The van der Waals surface area contributed by atoms with E-state index >= 15 is 0 Å². The van der Waals surface area contributed by atoms with E-state index in [1.54, 1.807) is 0 Å². The highest BCUT2D eigenvalue weighted by Crippen LogP contribution is 2.47. The Morgan fingerprint density at radius 1 is 1.05 bits per heavy atom. The topological polar surface area (TPSA) is 3.24 Å². The highest BCUT2D eigenvalue weighted by Gasteiger charge is 2.37. The van der Waals surface area contributed by atoms with Crippen LogP contribution in [-0.4, -0.2) is 13.1 Å². The van der Waals surface area contributed by atoms with Gasteiger partial charge in [-0.2, -0.15) is 0 Å². The quantitative estimate of drug-likeness (QED) is 0.675. The van der Waals surface area contributed by atoms with E-state index in [1.807, 2.05) is 12.1 Å². The fraction of sp³-hybridized carbons (Fsp3) is 0.625. The monoisotopic (exact) mass is 297 g/mol. The van der Waals surface area contributed by atoms with Gasteiger partial charge in [0.05, 0.1) is 10.7 Å². The van der Waals surface area contributed by atoms with Gasteiger partial charge in [-0.3, -0.25) is 0 Å². The molecule has 19 heavy (non-hydrogen) atoms. The molecule has 0 unspecified atom stereocenters. The van der Waals surface area contributed by atoms with E-state index < -0.39 is 0 Å². The van der Waals surface area contributed by atoms with Gasteiger partial charge in [-0.25, -0.2) is 0 Å². The first-order chi connectivity index (χ1) is 9.24. The fourth-order valence-corrected chi connectivity index (χ4v) is 4.38. The highest BCUT2D eigenvalue weighted by molar-refractivity contribution is 6.33. The minimum atomic E-state index is 0.539. The van der Waals surface area contributed by atoms with Gasteiger partial charge in [0, 0.05) is 19.0 Å². The first kappa shape index (κ1) is 13.6. The molecule has 0 atom stereocenters. The minimum Gasteiger partial charge on any atom is -0.370 e. The molecule has 2 fully saturated rings. The van der Waals surface area contributed by atoms with Crippen LogP contribution in [0.25, 0.3) is 0 Å². The Labute approximate surface area is 125 Å². The molecule has 3 rings (SSSR count). The van der Waals surface area contributed by atoms with Crippen LogP contribution < -0.4 is 4.90 Å². The molecule has 1 spiro atoms. The van der Waals surface area contributed by atoms with E-state index in [1.165, 1.54) is 44.2 Å². The van der Waals surface area contributed by atoms with Crippen LogP contribution in [0, 0.1) is 5.41 Å². The molecule has 0 amide bonds. The smallest absolute Gasteiger partial charge is 0.0642 e. The zero-order valence-electron chi connectivity index (χ0n) is 11.3. The second-order valence-electron chi connectivity index (χ2n) is 6.08. The summed E-state index contributed by atoms with van der Waals surface area (Å²) in [7, 11) is 0. The van der Waals surface area contributed by atoms with Crippen LogP contribution in [0.5, 0.6) is 0 Å². The van der Waals surface area contributed by atoms with Gasteiger partial charge >= 0.3 is 0 Å². The molecule has 1 aromatic rings. The molecule has 0 aromatic heterocycles. The number of benzene rings is 1. The third-order valence-corrected chi connectivity index (χ3v) is 5.61. The van der Waals surface area contributed by atoms with Gasteiger partial charge in [0.1, 0.15) is 0 Å². The van der Waals surface area contributed by atoms with Crippen LogP contribution in [0.15, 0.2) is 18.2 Å². The van der Waals surface area contributed by atoms with Gasteiger partial charge in [0.15, 0.2) is 0 Å². The molecule has 1 heterocycles. The van der Waals surface area contributed by atoms with Gasteiger partial charge in [-0.1, -0.05) is 36.6 Å². The van der Waals surface area contributed by atoms with E-state index in [0.717, 1.165) is 23.7 Å². The number of alkyl halides is 1. The summed E-state index contributed by atoms with van der Waals surface area (Å²) in [6.07, 6.45) is 8.37. The van der Waals surface area contributed by atoms with Gasteiger partial charge in [-0.05, 0) is 42.7 Å². The number of hydrogen-bond acceptors (Lipinski definition) is 1. The summed E-state index contributed by atoms with van der Waals surface area (Å²) >= 11 is 12.5. The molecule has 1 saturated heterocycles. The molecule has 2 aliphatic rings.